The lowest BCUT2D eigenvalue weighted by atomic mass is 10.2. The third-order valence-corrected chi connectivity index (χ3v) is 3.63. The van der Waals surface area contributed by atoms with Crippen molar-refractivity contribution in [2.45, 2.75) is 38.6 Å². The van der Waals surface area contributed by atoms with E-state index in [2.05, 4.69) is 16.8 Å². The van der Waals surface area contributed by atoms with Crippen LogP contribution in [0, 0.1) is 6.92 Å². The highest BCUT2D eigenvalue weighted by molar-refractivity contribution is 5.48. The summed E-state index contributed by atoms with van der Waals surface area (Å²) in [5.74, 6) is 1.04. The normalized spacial score (nSPS) is 27.5. The summed E-state index contributed by atoms with van der Waals surface area (Å²) in [6.45, 7) is 4.01. The van der Waals surface area contributed by atoms with Gasteiger partial charge in [-0.15, -0.1) is 0 Å². The molecule has 0 amide bonds. The second-order valence-corrected chi connectivity index (χ2v) is 5.00. The van der Waals surface area contributed by atoms with Crippen LogP contribution in [0.5, 0.6) is 0 Å². The largest absolute Gasteiger partial charge is 0.392 e. The number of fused-ring (bicyclic) bond motifs is 2. The van der Waals surface area contributed by atoms with Crippen molar-refractivity contribution in [3.63, 3.8) is 0 Å². The molecule has 4 nitrogen and oxygen atoms in total. The zero-order valence-electron chi connectivity index (χ0n) is 10.1. The molecule has 0 spiro atoms. The Morgan fingerprint density at radius 3 is 2.71 bits per heavy atom. The van der Waals surface area contributed by atoms with Crippen LogP contribution in [0.4, 0.5) is 5.82 Å². The summed E-state index contributed by atoms with van der Waals surface area (Å²) in [7, 11) is 0. The van der Waals surface area contributed by atoms with Gasteiger partial charge >= 0.3 is 0 Å². The minimum Gasteiger partial charge on any atom is -0.392 e. The van der Waals surface area contributed by atoms with Gasteiger partial charge in [0, 0.05) is 19.3 Å². The lowest BCUT2D eigenvalue weighted by Crippen LogP contribution is -2.43. The quantitative estimate of drug-likeness (QED) is 0.836. The topological polar surface area (TPSA) is 45.6 Å². The Balaban J connectivity index is 1.84. The van der Waals surface area contributed by atoms with E-state index in [0.717, 1.165) is 30.0 Å². The molecule has 2 unspecified atom stereocenters. The standard InChI is InChI=1S/C13H18N2O2/c1-9-4-10(8-16)5-14-13(9)15-6-11-2-3-12(7-15)17-11/h4-5,11-12,16H,2-3,6-8H2,1H3. The molecule has 2 saturated heterocycles. The van der Waals surface area contributed by atoms with E-state index >= 15 is 0 Å². The van der Waals surface area contributed by atoms with Crippen LogP contribution in [-0.4, -0.2) is 35.4 Å². The summed E-state index contributed by atoms with van der Waals surface area (Å²) in [5.41, 5.74) is 2.01. The monoisotopic (exact) mass is 234 g/mol. The molecule has 2 aliphatic heterocycles. The van der Waals surface area contributed by atoms with Gasteiger partial charge in [-0.2, -0.15) is 0 Å². The third-order valence-electron chi connectivity index (χ3n) is 3.63. The molecule has 1 aromatic heterocycles. The first-order valence-corrected chi connectivity index (χ1v) is 6.23. The fourth-order valence-corrected chi connectivity index (χ4v) is 2.83. The van der Waals surface area contributed by atoms with Crippen molar-refractivity contribution in [3.05, 3.63) is 23.4 Å². The van der Waals surface area contributed by atoms with E-state index in [1.54, 1.807) is 6.20 Å². The molecular formula is C13H18N2O2. The average Bonchev–Trinajstić information content (AvgIpc) is 2.68. The van der Waals surface area contributed by atoms with E-state index in [1.165, 1.54) is 12.8 Å². The molecule has 2 aliphatic rings. The molecule has 0 aromatic carbocycles. The molecule has 2 fully saturated rings. The number of aromatic nitrogens is 1. The predicted octanol–water partition coefficient (Wildman–Crippen LogP) is 1.25. The lowest BCUT2D eigenvalue weighted by molar-refractivity contribution is 0.0302. The molecule has 4 heteroatoms. The molecule has 2 atom stereocenters. The number of pyridine rings is 1. The summed E-state index contributed by atoms with van der Waals surface area (Å²) in [4.78, 5) is 6.80. The van der Waals surface area contributed by atoms with Crippen LogP contribution < -0.4 is 4.90 Å². The smallest absolute Gasteiger partial charge is 0.131 e. The number of anilines is 1. The predicted molar refractivity (Wildman–Crippen MR) is 65.0 cm³/mol. The van der Waals surface area contributed by atoms with Crippen LogP contribution in [0.2, 0.25) is 0 Å². The van der Waals surface area contributed by atoms with Gasteiger partial charge in [-0.25, -0.2) is 4.98 Å². The first-order chi connectivity index (χ1) is 8.26. The Hall–Kier alpha value is -1.13. The molecule has 0 saturated carbocycles. The summed E-state index contributed by atoms with van der Waals surface area (Å²) in [6.07, 6.45) is 4.88. The molecule has 0 aliphatic carbocycles. The van der Waals surface area contributed by atoms with Crippen molar-refractivity contribution in [2.75, 3.05) is 18.0 Å². The van der Waals surface area contributed by atoms with Gasteiger partial charge in [0.2, 0.25) is 0 Å². The van der Waals surface area contributed by atoms with Crippen molar-refractivity contribution in [1.82, 2.24) is 4.98 Å². The molecule has 3 heterocycles. The number of aliphatic hydroxyl groups excluding tert-OH is 1. The van der Waals surface area contributed by atoms with E-state index in [9.17, 15) is 0 Å². The van der Waals surface area contributed by atoms with Gasteiger partial charge in [0.05, 0.1) is 18.8 Å². The highest BCUT2D eigenvalue weighted by Gasteiger charge is 2.34. The van der Waals surface area contributed by atoms with Crippen molar-refractivity contribution in [1.29, 1.82) is 0 Å². The number of hydrogen-bond donors (Lipinski definition) is 1. The molecule has 2 bridgehead atoms. The zero-order chi connectivity index (χ0) is 11.8. The van der Waals surface area contributed by atoms with Gasteiger partial charge in [0.25, 0.3) is 0 Å². The fraction of sp³-hybridized carbons (Fsp3) is 0.615. The first kappa shape index (κ1) is 11.0. The maximum Gasteiger partial charge on any atom is 0.131 e. The van der Waals surface area contributed by atoms with Crippen molar-refractivity contribution in [2.24, 2.45) is 0 Å². The number of morpholine rings is 1. The van der Waals surface area contributed by atoms with Crippen LogP contribution in [0.1, 0.15) is 24.0 Å². The van der Waals surface area contributed by atoms with Crippen molar-refractivity contribution < 1.29 is 9.84 Å². The van der Waals surface area contributed by atoms with Gasteiger partial charge in [-0.1, -0.05) is 0 Å². The molecular weight excluding hydrogens is 216 g/mol. The molecule has 17 heavy (non-hydrogen) atoms. The second-order valence-electron chi connectivity index (χ2n) is 5.00. The third kappa shape index (κ3) is 2.03. The minimum atomic E-state index is 0.0580. The van der Waals surface area contributed by atoms with Crippen molar-refractivity contribution in [3.8, 4) is 0 Å². The maximum atomic E-state index is 9.08. The van der Waals surface area contributed by atoms with Gasteiger partial charge < -0.3 is 14.7 Å². The Morgan fingerprint density at radius 2 is 2.12 bits per heavy atom. The van der Waals surface area contributed by atoms with Crippen LogP contribution in [-0.2, 0) is 11.3 Å². The molecule has 3 rings (SSSR count). The van der Waals surface area contributed by atoms with E-state index in [0.29, 0.717) is 12.2 Å². The molecule has 1 N–H and O–H groups in total. The minimum absolute atomic E-state index is 0.0580. The van der Waals surface area contributed by atoms with Crippen LogP contribution >= 0.6 is 0 Å². The number of hydrogen-bond acceptors (Lipinski definition) is 4. The summed E-state index contributed by atoms with van der Waals surface area (Å²) < 4.78 is 5.82. The van der Waals surface area contributed by atoms with Crippen LogP contribution in [0.25, 0.3) is 0 Å². The highest BCUT2D eigenvalue weighted by Crippen LogP contribution is 2.30. The second kappa shape index (κ2) is 4.27. The van der Waals surface area contributed by atoms with Gasteiger partial charge in [0.1, 0.15) is 5.82 Å². The number of aliphatic hydroxyl groups is 1. The fourth-order valence-electron chi connectivity index (χ4n) is 2.83. The number of rotatable bonds is 2. The summed E-state index contributed by atoms with van der Waals surface area (Å²) >= 11 is 0. The summed E-state index contributed by atoms with van der Waals surface area (Å²) in [5, 5.41) is 9.08. The van der Waals surface area contributed by atoms with Gasteiger partial charge in [0.15, 0.2) is 0 Å². The van der Waals surface area contributed by atoms with E-state index in [4.69, 9.17) is 9.84 Å². The SMILES string of the molecule is Cc1cc(CO)cnc1N1CC2CCC(C1)O2. The molecule has 1 aromatic rings. The van der Waals surface area contributed by atoms with E-state index in [1.807, 2.05) is 6.07 Å². The van der Waals surface area contributed by atoms with Crippen LogP contribution in [0.15, 0.2) is 12.3 Å². The number of ether oxygens (including phenoxy) is 1. The Bertz CT molecular complexity index is 410. The Labute approximate surface area is 101 Å². The van der Waals surface area contributed by atoms with Gasteiger partial charge in [-0.05, 0) is 37.0 Å². The maximum absolute atomic E-state index is 9.08. The Morgan fingerprint density at radius 1 is 1.41 bits per heavy atom. The number of nitrogens with zero attached hydrogens (tertiary/aromatic N) is 2. The average molecular weight is 234 g/mol. The van der Waals surface area contributed by atoms with Crippen molar-refractivity contribution >= 4 is 5.82 Å². The first-order valence-electron chi connectivity index (χ1n) is 6.23. The summed E-state index contributed by atoms with van der Waals surface area (Å²) in [6, 6.07) is 2.01. The van der Waals surface area contributed by atoms with Gasteiger partial charge in [-0.3, -0.25) is 0 Å². The Kier molecular flexibility index (Phi) is 2.76. The molecule has 0 radical (unpaired) electrons. The lowest BCUT2D eigenvalue weighted by Gasteiger charge is -2.33. The zero-order valence-corrected chi connectivity index (χ0v) is 10.1. The van der Waals surface area contributed by atoms with Crippen LogP contribution in [0.3, 0.4) is 0 Å². The van der Waals surface area contributed by atoms with E-state index in [-0.39, 0.29) is 6.61 Å². The molecule has 92 valence electrons. The highest BCUT2D eigenvalue weighted by atomic mass is 16.5. The number of aryl methyl sites for hydroxylation is 1. The van der Waals surface area contributed by atoms with E-state index < -0.39 is 0 Å².